The lowest BCUT2D eigenvalue weighted by Crippen LogP contribution is -2.58. The van der Waals surface area contributed by atoms with Crippen LogP contribution in [-0.2, 0) is 10.3 Å². The van der Waals surface area contributed by atoms with E-state index in [1.807, 2.05) is 30.4 Å². The molecule has 0 amide bonds. The summed E-state index contributed by atoms with van der Waals surface area (Å²) in [5, 5.41) is 4.29. The number of rotatable bonds is 10. The molecule has 10 heteroatoms. The number of hydrogen-bond acceptors (Lipinski definition) is 8. The summed E-state index contributed by atoms with van der Waals surface area (Å²) < 4.78 is 39.1. The number of hydrogen-bond donors (Lipinski definition) is 2. The van der Waals surface area contributed by atoms with E-state index in [0.717, 1.165) is 57.0 Å². The van der Waals surface area contributed by atoms with Gasteiger partial charge in [0.25, 0.3) is 0 Å². The van der Waals surface area contributed by atoms with E-state index in [2.05, 4.69) is 26.2 Å². The van der Waals surface area contributed by atoms with E-state index in [4.69, 9.17) is 20.2 Å². The molecule has 0 bridgehead atoms. The summed E-state index contributed by atoms with van der Waals surface area (Å²) in [7, 11) is 0. The maximum Gasteiger partial charge on any atom is 0.153 e. The van der Waals surface area contributed by atoms with Crippen molar-refractivity contribution in [1.29, 1.82) is 0 Å². The van der Waals surface area contributed by atoms with Crippen LogP contribution in [0.25, 0.3) is 22.0 Å². The van der Waals surface area contributed by atoms with Crippen LogP contribution < -0.4 is 15.8 Å². The van der Waals surface area contributed by atoms with E-state index in [1.54, 1.807) is 18.3 Å². The van der Waals surface area contributed by atoms with Gasteiger partial charge >= 0.3 is 0 Å². The molecular weight excluding hydrogens is 526 g/mol. The molecule has 8 nitrogen and oxygen atoms in total. The van der Waals surface area contributed by atoms with Gasteiger partial charge in [-0.3, -0.25) is 9.80 Å². The lowest BCUT2D eigenvalue weighted by molar-refractivity contribution is 0.0322. The molecule has 41 heavy (non-hydrogen) atoms. The molecule has 6 rings (SSSR count). The summed E-state index contributed by atoms with van der Waals surface area (Å²) in [6, 6.07) is 10.8. The quantitative estimate of drug-likeness (QED) is 0.389. The Labute approximate surface area is 238 Å². The normalized spacial score (nSPS) is 22.0. The van der Waals surface area contributed by atoms with Crippen LogP contribution in [0.3, 0.4) is 0 Å². The lowest BCUT2D eigenvalue weighted by atomic mass is 9.89. The van der Waals surface area contributed by atoms with E-state index >= 15 is 4.39 Å². The van der Waals surface area contributed by atoms with Crippen LogP contribution in [0, 0.1) is 5.82 Å². The van der Waals surface area contributed by atoms with Crippen LogP contribution in [0.15, 0.2) is 66.5 Å². The number of alkyl halides is 1. The molecule has 0 radical (unpaired) electrons. The first-order valence-corrected chi connectivity index (χ1v) is 14.2. The van der Waals surface area contributed by atoms with Crippen molar-refractivity contribution in [3.05, 3.63) is 78.2 Å². The van der Waals surface area contributed by atoms with Crippen molar-refractivity contribution >= 4 is 10.9 Å². The molecule has 1 atom stereocenters. The highest BCUT2D eigenvalue weighted by atomic mass is 19.1. The third kappa shape index (κ3) is 6.25. The standard InChI is InChI=1S/C31H36F2N6O2/c32-10-11-39-20-24(21-39)36-23-6-8-31(34,9-7-23)30-35-19-22-2-1-3-26(29(22)37-30)27-18-25(4-5-28(27)33)41-17-14-38-12-15-40-16-13-38/h1-8,18-19,24,36H,9-17,20-21,34H2. The average molecular weight is 563 g/mol. The second kappa shape index (κ2) is 12.2. The molecule has 1 unspecified atom stereocenters. The van der Waals surface area contributed by atoms with Crippen LogP contribution in [0.4, 0.5) is 8.78 Å². The van der Waals surface area contributed by atoms with Crippen molar-refractivity contribution in [3.63, 3.8) is 0 Å². The number of morpholine rings is 1. The predicted octanol–water partition coefficient (Wildman–Crippen LogP) is 3.39. The van der Waals surface area contributed by atoms with Crippen LogP contribution in [0.2, 0.25) is 0 Å². The number of benzene rings is 2. The molecule has 2 aliphatic heterocycles. The summed E-state index contributed by atoms with van der Waals surface area (Å²) in [6.45, 7) is 6.38. The number of nitrogens with one attached hydrogen (secondary N) is 1. The molecule has 0 saturated carbocycles. The minimum atomic E-state index is -0.893. The Hall–Kier alpha value is -3.44. The number of ether oxygens (including phenoxy) is 2. The first-order valence-electron chi connectivity index (χ1n) is 14.2. The van der Waals surface area contributed by atoms with Crippen molar-refractivity contribution in [2.24, 2.45) is 5.73 Å². The monoisotopic (exact) mass is 562 g/mol. The van der Waals surface area contributed by atoms with Crippen molar-refractivity contribution in [3.8, 4) is 16.9 Å². The molecule has 1 aliphatic carbocycles. The number of allylic oxidation sites excluding steroid dienone is 1. The highest BCUT2D eigenvalue weighted by molar-refractivity contribution is 5.93. The van der Waals surface area contributed by atoms with Gasteiger partial charge < -0.3 is 20.5 Å². The maximum atomic E-state index is 15.2. The van der Waals surface area contributed by atoms with Gasteiger partial charge in [0, 0.05) is 67.7 Å². The summed E-state index contributed by atoms with van der Waals surface area (Å²) >= 11 is 0. The maximum absolute atomic E-state index is 15.2. The summed E-state index contributed by atoms with van der Waals surface area (Å²) in [5.74, 6) is 0.730. The zero-order valence-electron chi connectivity index (χ0n) is 23.1. The van der Waals surface area contributed by atoms with E-state index in [1.165, 1.54) is 6.07 Å². The van der Waals surface area contributed by atoms with Crippen LogP contribution in [0.1, 0.15) is 12.2 Å². The minimum Gasteiger partial charge on any atom is -0.492 e. The van der Waals surface area contributed by atoms with Gasteiger partial charge in [-0.1, -0.05) is 30.4 Å². The Morgan fingerprint density at radius 1 is 1.10 bits per heavy atom. The second-order valence-electron chi connectivity index (χ2n) is 10.9. The SMILES string of the molecule is NC1(c2ncc3cccc(-c4cc(OCCN5CCOCC5)ccc4F)c3n2)C=CC(NC2CN(CCF)C2)=CC1. The van der Waals surface area contributed by atoms with Gasteiger partial charge in [0.2, 0.25) is 0 Å². The number of halogens is 2. The van der Waals surface area contributed by atoms with Gasteiger partial charge in [0.05, 0.1) is 30.3 Å². The average Bonchev–Trinajstić information content (AvgIpc) is 2.98. The fraction of sp³-hybridized carbons (Fsp3) is 0.419. The number of nitrogens with two attached hydrogens (primary N) is 1. The molecule has 0 spiro atoms. The topological polar surface area (TPSA) is 88.8 Å². The number of para-hydroxylation sites is 1. The first kappa shape index (κ1) is 27.7. The molecule has 2 saturated heterocycles. The summed E-state index contributed by atoms with van der Waals surface area (Å²) in [5.41, 5.74) is 8.60. The van der Waals surface area contributed by atoms with Crippen LogP contribution in [0.5, 0.6) is 5.75 Å². The molecule has 2 aromatic carbocycles. The Bertz CT molecular complexity index is 1440. The largest absolute Gasteiger partial charge is 0.492 e. The number of nitrogens with zero attached hydrogens (tertiary/aromatic N) is 4. The third-order valence-electron chi connectivity index (χ3n) is 7.98. The first-order chi connectivity index (χ1) is 20.0. The van der Waals surface area contributed by atoms with Gasteiger partial charge in [0.1, 0.15) is 24.8 Å². The Balaban J connectivity index is 1.18. The van der Waals surface area contributed by atoms with Crippen molar-refractivity contribution in [1.82, 2.24) is 25.1 Å². The number of likely N-dealkylation sites (tertiary alicyclic amines) is 1. The van der Waals surface area contributed by atoms with Gasteiger partial charge in [-0.25, -0.2) is 18.7 Å². The summed E-state index contributed by atoms with van der Waals surface area (Å²) in [6.07, 6.45) is 8.18. The highest BCUT2D eigenvalue weighted by Crippen LogP contribution is 2.34. The molecule has 216 valence electrons. The lowest BCUT2D eigenvalue weighted by Gasteiger charge is -2.40. The minimum absolute atomic E-state index is 0.302. The van der Waals surface area contributed by atoms with E-state index < -0.39 is 5.54 Å². The fourth-order valence-electron chi connectivity index (χ4n) is 5.54. The smallest absolute Gasteiger partial charge is 0.153 e. The van der Waals surface area contributed by atoms with Gasteiger partial charge in [-0.2, -0.15) is 0 Å². The van der Waals surface area contributed by atoms with Crippen molar-refractivity contribution in [2.45, 2.75) is 18.0 Å². The number of fused-ring (bicyclic) bond motifs is 1. The Kier molecular flexibility index (Phi) is 8.25. The highest BCUT2D eigenvalue weighted by Gasteiger charge is 2.31. The van der Waals surface area contributed by atoms with Crippen molar-refractivity contribution < 1.29 is 18.3 Å². The van der Waals surface area contributed by atoms with E-state index in [-0.39, 0.29) is 12.5 Å². The second-order valence-corrected chi connectivity index (χ2v) is 10.9. The molecular formula is C31H36F2N6O2. The van der Waals surface area contributed by atoms with Crippen LogP contribution >= 0.6 is 0 Å². The third-order valence-corrected chi connectivity index (χ3v) is 7.98. The van der Waals surface area contributed by atoms with E-state index in [9.17, 15) is 4.39 Å². The Morgan fingerprint density at radius 3 is 2.73 bits per heavy atom. The molecule has 3 aliphatic rings. The molecule has 3 N–H and O–H groups in total. The van der Waals surface area contributed by atoms with Gasteiger partial charge in [-0.15, -0.1) is 0 Å². The van der Waals surface area contributed by atoms with Gasteiger partial charge in [-0.05, 0) is 30.7 Å². The molecule has 1 aromatic heterocycles. The fourth-order valence-corrected chi connectivity index (χ4v) is 5.54. The van der Waals surface area contributed by atoms with Crippen LogP contribution in [-0.4, -0.2) is 91.6 Å². The molecule has 3 heterocycles. The Morgan fingerprint density at radius 2 is 1.95 bits per heavy atom. The summed E-state index contributed by atoms with van der Waals surface area (Å²) in [4.78, 5) is 13.8. The molecule has 2 fully saturated rings. The zero-order valence-corrected chi connectivity index (χ0v) is 23.1. The number of aromatic nitrogens is 2. The predicted molar refractivity (Wildman–Crippen MR) is 155 cm³/mol. The molecule has 3 aromatic rings. The van der Waals surface area contributed by atoms with E-state index in [0.29, 0.717) is 53.8 Å². The van der Waals surface area contributed by atoms with Gasteiger partial charge in [0.15, 0.2) is 5.82 Å². The van der Waals surface area contributed by atoms with Crippen molar-refractivity contribution in [2.75, 3.05) is 65.8 Å². The zero-order chi connectivity index (χ0) is 28.2.